The summed E-state index contributed by atoms with van der Waals surface area (Å²) in [5, 5.41) is 9.85. The molecule has 2 aliphatic heterocycles. The molecule has 3 atom stereocenters. The van der Waals surface area contributed by atoms with Gasteiger partial charge in [0.2, 0.25) is 0 Å². The third kappa shape index (κ3) is 2.85. The van der Waals surface area contributed by atoms with Crippen molar-refractivity contribution in [2.24, 2.45) is 5.92 Å². The van der Waals surface area contributed by atoms with E-state index in [1.54, 1.807) is 6.20 Å². The van der Waals surface area contributed by atoms with Crippen LogP contribution in [0.5, 0.6) is 5.75 Å². The predicted molar refractivity (Wildman–Crippen MR) is 105 cm³/mol. The van der Waals surface area contributed by atoms with Gasteiger partial charge in [-0.25, -0.2) is 4.21 Å². The van der Waals surface area contributed by atoms with E-state index in [9.17, 15) is 9.47 Å². The lowest BCUT2D eigenvalue weighted by atomic mass is 9.69. The molecule has 2 heterocycles. The van der Waals surface area contributed by atoms with Gasteiger partial charge in [-0.15, -0.1) is 0 Å². The number of para-hydroxylation sites is 1. The Bertz CT molecular complexity index is 973. The molecule has 0 saturated carbocycles. The third-order valence-corrected chi connectivity index (χ3v) is 7.28. The zero-order valence-electron chi connectivity index (χ0n) is 15.7. The molecule has 138 valence electrons. The van der Waals surface area contributed by atoms with E-state index < -0.39 is 16.5 Å². The number of nitriles is 1. The van der Waals surface area contributed by atoms with Crippen molar-refractivity contribution in [2.75, 3.05) is 6.61 Å². The molecule has 0 aliphatic carbocycles. The van der Waals surface area contributed by atoms with E-state index in [0.717, 1.165) is 21.8 Å². The maximum atomic E-state index is 13.4. The van der Waals surface area contributed by atoms with Gasteiger partial charge in [0, 0.05) is 23.6 Å². The average molecular weight is 378 g/mol. The Morgan fingerprint density at radius 2 is 1.89 bits per heavy atom. The first-order valence-electron chi connectivity index (χ1n) is 9.05. The smallest absolute Gasteiger partial charge is 0.152 e. The van der Waals surface area contributed by atoms with Gasteiger partial charge in [0.1, 0.15) is 5.75 Å². The number of aryl methyl sites for hydroxylation is 1. The highest BCUT2D eigenvalue weighted by atomic mass is 32.2. The Balaban J connectivity index is 1.81. The summed E-state index contributed by atoms with van der Waals surface area (Å²) >= 11 is 0. The van der Waals surface area contributed by atoms with Crippen LogP contribution >= 0.6 is 0 Å². The third-order valence-electron chi connectivity index (χ3n) is 5.67. The van der Waals surface area contributed by atoms with Gasteiger partial charge in [0.05, 0.1) is 28.7 Å². The lowest BCUT2D eigenvalue weighted by Gasteiger charge is -2.50. The molecule has 0 amide bonds. The maximum Gasteiger partial charge on any atom is 0.152 e. The zero-order valence-corrected chi connectivity index (χ0v) is 16.5. The minimum absolute atomic E-state index is 0.0291. The Morgan fingerprint density at radius 1 is 1.19 bits per heavy atom. The second kappa shape index (κ2) is 6.54. The van der Waals surface area contributed by atoms with Gasteiger partial charge in [-0.2, -0.15) is 5.26 Å². The van der Waals surface area contributed by atoms with Crippen LogP contribution in [0.15, 0.2) is 65.2 Å². The minimum Gasteiger partial charge on any atom is -0.493 e. The van der Waals surface area contributed by atoms with E-state index in [0.29, 0.717) is 12.2 Å². The lowest BCUT2D eigenvalue weighted by molar-refractivity contribution is 0.0842. The summed E-state index contributed by atoms with van der Waals surface area (Å²) in [6.07, 6.45) is 1.79. The van der Waals surface area contributed by atoms with Crippen molar-refractivity contribution >= 4 is 11.0 Å². The number of allylic oxidation sites excluding steroid dienone is 1. The summed E-state index contributed by atoms with van der Waals surface area (Å²) in [6, 6.07) is 18.0. The Hall–Kier alpha value is -2.58. The van der Waals surface area contributed by atoms with E-state index in [1.807, 2.05) is 59.8 Å². The quantitative estimate of drug-likeness (QED) is 0.782. The highest BCUT2D eigenvalue weighted by molar-refractivity contribution is 7.82. The largest absolute Gasteiger partial charge is 0.493 e. The number of ether oxygens (including phenoxy) is 1. The minimum atomic E-state index is -1.39. The first kappa shape index (κ1) is 17.8. The number of rotatable bonds is 2. The standard InChI is InChI=1S/C22H22N2O2S/c1-15-8-10-17(11-9-15)27(25)24-13-16(12-23)21-18-6-4-5-7-20(18)26-14-19(21)22(24,2)3/h4-11,13,19,21H,14H2,1-3H3/t19-,21+,27+/m1/s1. The van der Waals surface area contributed by atoms with Gasteiger partial charge in [-0.3, -0.25) is 4.31 Å². The van der Waals surface area contributed by atoms with Gasteiger partial charge in [-0.05, 0) is 39.0 Å². The van der Waals surface area contributed by atoms with Gasteiger partial charge >= 0.3 is 0 Å². The van der Waals surface area contributed by atoms with Crippen molar-refractivity contribution in [3.05, 3.63) is 71.4 Å². The summed E-state index contributed by atoms with van der Waals surface area (Å²) in [4.78, 5) is 0.734. The first-order valence-corrected chi connectivity index (χ1v) is 10.2. The summed E-state index contributed by atoms with van der Waals surface area (Å²) in [5.41, 5.74) is 2.36. The molecule has 4 nitrogen and oxygen atoms in total. The fourth-order valence-corrected chi connectivity index (χ4v) is 5.39. The number of hydrogen-bond acceptors (Lipinski definition) is 3. The highest BCUT2D eigenvalue weighted by Gasteiger charge is 2.50. The SMILES string of the molecule is Cc1ccc([S@](=O)N2C=C(C#N)[C@H]3c4ccccc4OC[C@H]3C2(C)C)cc1. The molecule has 4 rings (SSSR count). The molecule has 0 N–H and O–H groups in total. The monoisotopic (exact) mass is 378 g/mol. The fourth-order valence-electron chi connectivity index (χ4n) is 4.02. The number of hydrogen-bond donors (Lipinski definition) is 0. The molecule has 0 saturated heterocycles. The van der Waals surface area contributed by atoms with Crippen molar-refractivity contribution in [2.45, 2.75) is 37.1 Å². The Labute approximate surface area is 162 Å². The molecule has 0 aromatic heterocycles. The summed E-state index contributed by atoms with van der Waals surface area (Å²) in [7, 11) is -1.39. The summed E-state index contributed by atoms with van der Waals surface area (Å²) in [5.74, 6) is 0.825. The molecule has 0 unspecified atom stereocenters. The second-order valence-electron chi connectivity index (χ2n) is 7.67. The number of benzene rings is 2. The van der Waals surface area contributed by atoms with Crippen molar-refractivity contribution in [1.29, 1.82) is 5.26 Å². The fraction of sp³-hybridized carbons (Fsp3) is 0.318. The summed E-state index contributed by atoms with van der Waals surface area (Å²) in [6.45, 7) is 6.67. The molecular formula is C22H22N2O2S. The maximum absolute atomic E-state index is 13.4. The van der Waals surface area contributed by atoms with Crippen LogP contribution in [0.25, 0.3) is 0 Å². The molecular weight excluding hydrogens is 356 g/mol. The van der Waals surface area contributed by atoms with Crippen molar-refractivity contribution in [3.63, 3.8) is 0 Å². The molecule has 5 heteroatoms. The van der Waals surface area contributed by atoms with Crippen LogP contribution in [-0.2, 0) is 11.0 Å². The second-order valence-corrected chi connectivity index (χ2v) is 9.03. The van der Waals surface area contributed by atoms with Crippen LogP contribution in [0, 0.1) is 24.2 Å². The molecule has 27 heavy (non-hydrogen) atoms. The van der Waals surface area contributed by atoms with E-state index in [2.05, 4.69) is 19.9 Å². The van der Waals surface area contributed by atoms with E-state index in [-0.39, 0.29) is 11.8 Å². The zero-order chi connectivity index (χ0) is 19.2. The van der Waals surface area contributed by atoms with Crippen molar-refractivity contribution in [1.82, 2.24) is 4.31 Å². The van der Waals surface area contributed by atoms with Gasteiger partial charge in [0.25, 0.3) is 0 Å². The summed E-state index contributed by atoms with van der Waals surface area (Å²) < 4.78 is 21.2. The Kier molecular flexibility index (Phi) is 4.32. The van der Waals surface area contributed by atoms with Crippen molar-refractivity contribution < 1.29 is 8.95 Å². The van der Waals surface area contributed by atoms with E-state index >= 15 is 0 Å². The van der Waals surface area contributed by atoms with Crippen LogP contribution in [0.2, 0.25) is 0 Å². The predicted octanol–water partition coefficient (Wildman–Crippen LogP) is 4.31. The lowest BCUT2D eigenvalue weighted by Crippen LogP contribution is -2.55. The van der Waals surface area contributed by atoms with E-state index in [4.69, 9.17) is 4.74 Å². The van der Waals surface area contributed by atoms with Crippen LogP contribution < -0.4 is 4.74 Å². The molecule has 2 aliphatic rings. The van der Waals surface area contributed by atoms with Crippen molar-refractivity contribution in [3.8, 4) is 11.8 Å². The van der Waals surface area contributed by atoms with Crippen LogP contribution in [0.1, 0.15) is 30.9 Å². The molecule has 2 aromatic carbocycles. The normalized spacial score (nSPS) is 23.9. The average Bonchev–Trinajstić information content (AvgIpc) is 2.68. The van der Waals surface area contributed by atoms with Gasteiger partial charge in [-0.1, -0.05) is 35.9 Å². The molecule has 2 aromatic rings. The molecule has 0 fully saturated rings. The van der Waals surface area contributed by atoms with Crippen LogP contribution in [-0.4, -0.2) is 20.7 Å². The van der Waals surface area contributed by atoms with Gasteiger partial charge in [0.15, 0.2) is 11.0 Å². The highest BCUT2D eigenvalue weighted by Crippen LogP contribution is 2.50. The molecule has 0 radical (unpaired) electrons. The molecule has 0 bridgehead atoms. The van der Waals surface area contributed by atoms with Crippen LogP contribution in [0.4, 0.5) is 0 Å². The number of fused-ring (bicyclic) bond motifs is 3. The van der Waals surface area contributed by atoms with Gasteiger partial charge < -0.3 is 4.74 Å². The number of nitrogens with zero attached hydrogens (tertiary/aromatic N) is 2. The molecule has 0 spiro atoms. The van der Waals surface area contributed by atoms with Crippen LogP contribution in [0.3, 0.4) is 0 Å². The first-order chi connectivity index (χ1) is 12.9. The Morgan fingerprint density at radius 3 is 2.59 bits per heavy atom. The topological polar surface area (TPSA) is 53.3 Å². The van der Waals surface area contributed by atoms with E-state index in [1.165, 1.54) is 0 Å².